The molecule has 0 saturated heterocycles. The molecule has 0 fully saturated rings. The minimum atomic E-state index is 0.798. The maximum atomic E-state index is 5.16. The Balaban J connectivity index is 2.71. The molecule has 10 heavy (non-hydrogen) atoms. The standard InChI is InChI=1S/C7H8N2S/c1-3-6-4-9-7(10-6)5-8-2/h1,4,8H,5H2,2H3. The topological polar surface area (TPSA) is 24.9 Å². The van der Waals surface area contributed by atoms with Crippen LogP contribution in [-0.2, 0) is 6.54 Å². The van der Waals surface area contributed by atoms with Gasteiger partial charge in [-0.25, -0.2) is 4.98 Å². The summed E-state index contributed by atoms with van der Waals surface area (Å²) in [4.78, 5) is 4.98. The molecule has 0 bridgehead atoms. The number of hydrogen-bond acceptors (Lipinski definition) is 3. The fourth-order valence-corrected chi connectivity index (χ4v) is 1.35. The summed E-state index contributed by atoms with van der Waals surface area (Å²) in [5.41, 5.74) is 0. The number of nitrogens with one attached hydrogen (secondary N) is 1. The predicted octanol–water partition coefficient (Wildman–Crippen LogP) is 0.844. The molecule has 0 radical (unpaired) electrons. The molecule has 0 unspecified atom stereocenters. The Morgan fingerprint density at radius 3 is 3.20 bits per heavy atom. The fourth-order valence-electron chi connectivity index (χ4n) is 0.610. The molecule has 2 nitrogen and oxygen atoms in total. The lowest BCUT2D eigenvalue weighted by Crippen LogP contribution is -2.03. The zero-order valence-electron chi connectivity index (χ0n) is 5.72. The average molecular weight is 152 g/mol. The highest BCUT2D eigenvalue weighted by Gasteiger charge is 1.95. The van der Waals surface area contributed by atoms with E-state index >= 15 is 0 Å². The summed E-state index contributed by atoms with van der Waals surface area (Å²) in [5.74, 6) is 2.53. The molecular weight excluding hydrogens is 144 g/mol. The SMILES string of the molecule is C#Cc1cnc(CNC)s1. The number of thiazole rings is 1. The van der Waals surface area contributed by atoms with Crippen molar-refractivity contribution in [3.63, 3.8) is 0 Å². The van der Waals surface area contributed by atoms with Crippen molar-refractivity contribution in [2.45, 2.75) is 6.54 Å². The van der Waals surface area contributed by atoms with Crippen LogP contribution in [0.2, 0.25) is 0 Å². The second-order valence-corrected chi connectivity index (χ2v) is 2.91. The Kier molecular flexibility index (Phi) is 2.43. The van der Waals surface area contributed by atoms with E-state index in [4.69, 9.17) is 6.42 Å². The van der Waals surface area contributed by atoms with E-state index in [1.165, 1.54) is 0 Å². The van der Waals surface area contributed by atoms with Crippen molar-refractivity contribution in [2.75, 3.05) is 7.05 Å². The zero-order valence-corrected chi connectivity index (χ0v) is 6.53. The highest BCUT2D eigenvalue weighted by atomic mass is 32.1. The normalized spacial score (nSPS) is 9.20. The van der Waals surface area contributed by atoms with Gasteiger partial charge in [0.15, 0.2) is 0 Å². The molecule has 0 spiro atoms. The van der Waals surface area contributed by atoms with E-state index in [9.17, 15) is 0 Å². The van der Waals surface area contributed by atoms with E-state index in [0.717, 1.165) is 16.4 Å². The second-order valence-electron chi connectivity index (χ2n) is 1.79. The highest BCUT2D eigenvalue weighted by Crippen LogP contribution is 2.10. The molecule has 1 N–H and O–H groups in total. The van der Waals surface area contributed by atoms with Gasteiger partial charge in [-0.3, -0.25) is 0 Å². The van der Waals surface area contributed by atoms with Crippen LogP contribution < -0.4 is 5.32 Å². The number of rotatable bonds is 2. The molecule has 0 aliphatic carbocycles. The summed E-state index contributed by atoms with van der Waals surface area (Å²) >= 11 is 1.55. The van der Waals surface area contributed by atoms with E-state index in [-0.39, 0.29) is 0 Å². The Labute approximate surface area is 64.3 Å². The molecule has 0 aliphatic heterocycles. The van der Waals surface area contributed by atoms with Gasteiger partial charge in [0, 0.05) is 6.54 Å². The van der Waals surface area contributed by atoms with Crippen LogP contribution in [0, 0.1) is 12.3 Å². The third-order valence-corrected chi connectivity index (χ3v) is 1.95. The molecule has 1 aromatic rings. The first-order valence-electron chi connectivity index (χ1n) is 2.92. The van der Waals surface area contributed by atoms with E-state index in [1.54, 1.807) is 17.5 Å². The van der Waals surface area contributed by atoms with Crippen LogP contribution in [0.1, 0.15) is 9.88 Å². The lowest BCUT2D eigenvalue weighted by atomic mass is 10.6. The van der Waals surface area contributed by atoms with Crippen LogP contribution in [0.15, 0.2) is 6.20 Å². The molecule has 1 aromatic heterocycles. The van der Waals surface area contributed by atoms with Gasteiger partial charge in [0.1, 0.15) is 5.01 Å². The van der Waals surface area contributed by atoms with Crippen LogP contribution in [0.3, 0.4) is 0 Å². The number of terminal acetylenes is 1. The minimum Gasteiger partial charge on any atom is -0.314 e. The first kappa shape index (κ1) is 7.26. The van der Waals surface area contributed by atoms with Gasteiger partial charge in [-0.05, 0) is 7.05 Å². The van der Waals surface area contributed by atoms with E-state index < -0.39 is 0 Å². The van der Waals surface area contributed by atoms with Gasteiger partial charge in [-0.2, -0.15) is 0 Å². The van der Waals surface area contributed by atoms with Gasteiger partial charge in [0.2, 0.25) is 0 Å². The van der Waals surface area contributed by atoms with Crippen molar-refractivity contribution in [1.29, 1.82) is 0 Å². The first-order valence-corrected chi connectivity index (χ1v) is 3.74. The van der Waals surface area contributed by atoms with Crippen LogP contribution >= 0.6 is 11.3 Å². The predicted molar refractivity (Wildman–Crippen MR) is 42.8 cm³/mol. The van der Waals surface area contributed by atoms with Gasteiger partial charge in [0.25, 0.3) is 0 Å². The van der Waals surface area contributed by atoms with Gasteiger partial charge in [-0.1, -0.05) is 5.92 Å². The molecule has 0 aliphatic rings. The van der Waals surface area contributed by atoms with E-state index in [1.807, 2.05) is 7.05 Å². The summed E-state index contributed by atoms with van der Waals surface area (Å²) in [6.07, 6.45) is 6.88. The molecule has 0 aromatic carbocycles. The first-order chi connectivity index (χ1) is 4.86. The summed E-state index contributed by atoms with van der Waals surface area (Å²) in [6.45, 7) is 0.798. The van der Waals surface area contributed by atoms with Crippen molar-refractivity contribution in [3.05, 3.63) is 16.1 Å². The summed E-state index contributed by atoms with van der Waals surface area (Å²) in [6, 6.07) is 0. The summed E-state index contributed by atoms with van der Waals surface area (Å²) in [7, 11) is 1.89. The number of aromatic nitrogens is 1. The van der Waals surface area contributed by atoms with Crippen LogP contribution in [0.25, 0.3) is 0 Å². The Morgan fingerprint density at radius 1 is 1.90 bits per heavy atom. The van der Waals surface area contributed by atoms with E-state index in [0.29, 0.717) is 0 Å². The van der Waals surface area contributed by atoms with Gasteiger partial charge in [0.05, 0.1) is 11.1 Å². The molecule has 1 heterocycles. The monoisotopic (exact) mass is 152 g/mol. The Bertz CT molecular complexity index is 246. The minimum absolute atomic E-state index is 0.798. The van der Waals surface area contributed by atoms with Crippen molar-refractivity contribution >= 4 is 11.3 Å². The number of nitrogens with zero attached hydrogens (tertiary/aromatic N) is 1. The lowest BCUT2D eigenvalue weighted by molar-refractivity contribution is 0.810. The molecule has 0 amide bonds. The van der Waals surface area contributed by atoms with Crippen molar-refractivity contribution in [1.82, 2.24) is 10.3 Å². The van der Waals surface area contributed by atoms with E-state index in [2.05, 4.69) is 16.2 Å². The van der Waals surface area contributed by atoms with Crippen molar-refractivity contribution in [2.24, 2.45) is 0 Å². The maximum absolute atomic E-state index is 5.16. The Morgan fingerprint density at radius 2 is 2.70 bits per heavy atom. The molecular formula is C7H8N2S. The van der Waals surface area contributed by atoms with Crippen LogP contribution in [-0.4, -0.2) is 12.0 Å². The van der Waals surface area contributed by atoms with Crippen molar-refractivity contribution in [3.8, 4) is 12.3 Å². The maximum Gasteiger partial charge on any atom is 0.108 e. The van der Waals surface area contributed by atoms with Gasteiger partial charge in [-0.15, -0.1) is 17.8 Å². The molecule has 52 valence electrons. The quantitative estimate of drug-likeness (QED) is 0.635. The van der Waals surface area contributed by atoms with Crippen LogP contribution in [0.4, 0.5) is 0 Å². The zero-order chi connectivity index (χ0) is 7.40. The molecule has 1 rings (SSSR count). The van der Waals surface area contributed by atoms with Gasteiger partial charge >= 0.3 is 0 Å². The average Bonchev–Trinajstić information content (AvgIpc) is 2.37. The largest absolute Gasteiger partial charge is 0.314 e. The smallest absolute Gasteiger partial charge is 0.108 e. The Hall–Kier alpha value is -0.850. The lowest BCUT2D eigenvalue weighted by Gasteiger charge is -1.88. The fraction of sp³-hybridized carbons (Fsp3) is 0.286. The van der Waals surface area contributed by atoms with Crippen LogP contribution in [0.5, 0.6) is 0 Å². The third kappa shape index (κ3) is 1.56. The molecule has 3 heteroatoms. The van der Waals surface area contributed by atoms with Crippen molar-refractivity contribution < 1.29 is 0 Å². The third-order valence-electron chi connectivity index (χ3n) is 1.02. The highest BCUT2D eigenvalue weighted by molar-refractivity contribution is 7.12. The summed E-state index contributed by atoms with van der Waals surface area (Å²) < 4.78 is 0. The van der Waals surface area contributed by atoms with Gasteiger partial charge < -0.3 is 5.32 Å². The summed E-state index contributed by atoms with van der Waals surface area (Å²) in [5, 5.41) is 4.04. The number of hydrogen-bond donors (Lipinski definition) is 1. The molecule has 0 saturated carbocycles. The molecule has 0 atom stereocenters. The second kappa shape index (κ2) is 3.35.